The maximum absolute atomic E-state index is 13.2. The molecular formula is C30H40N6O. The summed E-state index contributed by atoms with van der Waals surface area (Å²) in [5.74, 6) is 0.426. The lowest BCUT2D eigenvalue weighted by atomic mass is 10.0. The molecular weight excluding hydrogens is 460 g/mol. The second kappa shape index (κ2) is 13.3. The summed E-state index contributed by atoms with van der Waals surface area (Å²) in [6.45, 7) is 7.93. The van der Waals surface area contributed by atoms with Gasteiger partial charge in [-0.3, -0.25) is 14.3 Å². The third-order valence-corrected chi connectivity index (χ3v) is 6.73. The molecule has 7 nitrogen and oxygen atoms in total. The highest BCUT2D eigenvalue weighted by Crippen LogP contribution is 2.16. The first kappa shape index (κ1) is 26.8. The predicted molar refractivity (Wildman–Crippen MR) is 153 cm³/mol. The summed E-state index contributed by atoms with van der Waals surface area (Å²) in [6, 6.07) is 18.9. The van der Waals surface area contributed by atoms with Gasteiger partial charge in [0, 0.05) is 63.4 Å². The van der Waals surface area contributed by atoms with E-state index in [0.29, 0.717) is 5.82 Å². The molecule has 37 heavy (non-hydrogen) atoms. The summed E-state index contributed by atoms with van der Waals surface area (Å²) in [6.07, 6.45) is 7.68. The van der Waals surface area contributed by atoms with E-state index in [-0.39, 0.29) is 11.6 Å². The Hall–Kier alpha value is -3.26. The quantitative estimate of drug-likeness (QED) is 0.390. The fraction of sp³-hybridized carbons (Fsp3) is 0.400. The molecule has 3 aromatic rings. The average molecular weight is 501 g/mol. The number of hydrogen-bond donors (Lipinski definition) is 2. The van der Waals surface area contributed by atoms with Gasteiger partial charge in [-0.05, 0) is 57.1 Å². The highest BCUT2D eigenvalue weighted by molar-refractivity contribution is 5.52. The monoisotopic (exact) mass is 500 g/mol. The van der Waals surface area contributed by atoms with Gasteiger partial charge in [0.2, 0.25) is 0 Å². The van der Waals surface area contributed by atoms with E-state index in [1.165, 1.54) is 16.7 Å². The van der Waals surface area contributed by atoms with Crippen LogP contribution >= 0.6 is 0 Å². The molecule has 2 aromatic carbocycles. The van der Waals surface area contributed by atoms with Crippen molar-refractivity contribution < 1.29 is 0 Å². The van der Waals surface area contributed by atoms with Crippen LogP contribution in [0, 0.1) is 0 Å². The zero-order chi connectivity index (χ0) is 26.0. The van der Waals surface area contributed by atoms with Crippen LogP contribution < -0.4 is 16.2 Å². The van der Waals surface area contributed by atoms with Crippen molar-refractivity contribution in [2.75, 3.05) is 52.1 Å². The van der Waals surface area contributed by atoms with E-state index in [2.05, 4.69) is 88.9 Å². The highest BCUT2D eigenvalue weighted by atomic mass is 16.1. The first-order valence-electron chi connectivity index (χ1n) is 13.2. The molecule has 1 aliphatic heterocycles. The van der Waals surface area contributed by atoms with Crippen LogP contribution in [0.25, 0.3) is 11.8 Å². The molecule has 1 fully saturated rings. The van der Waals surface area contributed by atoms with Crippen molar-refractivity contribution in [3.8, 4) is 5.69 Å². The lowest BCUT2D eigenvalue weighted by Crippen LogP contribution is -2.41. The molecule has 2 N–H and O–H groups in total. The summed E-state index contributed by atoms with van der Waals surface area (Å²) < 4.78 is 1.67. The van der Waals surface area contributed by atoms with Gasteiger partial charge in [0.1, 0.15) is 0 Å². The van der Waals surface area contributed by atoms with E-state index in [0.717, 1.165) is 57.8 Å². The maximum Gasteiger partial charge on any atom is 0.297 e. The number of aromatic nitrogens is 2. The van der Waals surface area contributed by atoms with Crippen molar-refractivity contribution in [3.63, 3.8) is 0 Å². The third-order valence-electron chi connectivity index (χ3n) is 6.73. The Labute approximate surface area is 220 Å². The van der Waals surface area contributed by atoms with Gasteiger partial charge in [0.05, 0.1) is 0 Å². The maximum atomic E-state index is 13.2. The number of hydrogen-bond acceptors (Lipinski definition) is 6. The molecule has 0 bridgehead atoms. The summed E-state index contributed by atoms with van der Waals surface area (Å²) in [5, 5.41) is 6.87. The van der Waals surface area contributed by atoms with E-state index >= 15 is 0 Å². The molecule has 0 saturated carbocycles. The Morgan fingerprint density at radius 1 is 1.08 bits per heavy atom. The van der Waals surface area contributed by atoms with Gasteiger partial charge in [-0.15, -0.1) is 0 Å². The molecule has 2 heterocycles. The summed E-state index contributed by atoms with van der Waals surface area (Å²) in [7, 11) is 4.14. The van der Waals surface area contributed by atoms with Crippen molar-refractivity contribution >= 4 is 11.9 Å². The van der Waals surface area contributed by atoms with Crippen LogP contribution in [0.15, 0.2) is 77.4 Å². The van der Waals surface area contributed by atoms with E-state index in [1.807, 2.05) is 18.2 Å². The van der Waals surface area contributed by atoms with Crippen molar-refractivity contribution in [1.29, 1.82) is 0 Å². The Kier molecular flexibility index (Phi) is 9.65. The number of likely N-dealkylation sites (N-methyl/N-ethyl adjacent to an activating group) is 1. The van der Waals surface area contributed by atoms with E-state index in [1.54, 1.807) is 17.0 Å². The van der Waals surface area contributed by atoms with Gasteiger partial charge in [0.25, 0.3) is 5.56 Å². The van der Waals surface area contributed by atoms with Crippen molar-refractivity contribution in [1.82, 2.24) is 24.7 Å². The molecule has 4 rings (SSSR count). The number of benzene rings is 2. The fourth-order valence-electron chi connectivity index (χ4n) is 4.68. The van der Waals surface area contributed by atoms with E-state index in [9.17, 15) is 4.79 Å². The number of nitrogens with one attached hydrogen (secondary N) is 2. The minimum atomic E-state index is -0.108. The zero-order valence-electron chi connectivity index (χ0n) is 22.4. The molecule has 1 aliphatic rings. The zero-order valence-corrected chi connectivity index (χ0v) is 22.4. The first-order chi connectivity index (χ1) is 18.0. The largest absolute Gasteiger partial charge is 0.363 e. The summed E-state index contributed by atoms with van der Waals surface area (Å²) in [4.78, 5) is 22.2. The van der Waals surface area contributed by atoms with E-state index < -0.39 is 0 Å². The standard InChI is InChI=1S/C30H40N6O/c1-24(21-25-7-5-4-6-8-25)23-35-17-13-27(14-18-35)33-29-30(37)36(20-16-32-29)28-11-9-26(10-12-28)22-31-15-19-34(2)3/h4-12,16,20-21,27,31H,13-15,17-19,22-23H2,1-3H3,(H,32,33). The molecule has 0 spiro atoms. The molecule has 196 valence electrons. The van der Waals surface area contributed by atoms with Crippen LogP contribution in [0.2, 0.25) is 0 Å². The number of piperidine rings is 1. The van der Waals surface area contributed by atoms with Gasteiger partial charge in [0.15, 0.2) is 5.82 Å². The Morgan fingerprint density at radius 3 is 2.51 bits per heavy atom. The average Bonchev–Trinajstić information content (AvgIpc) is 2.90. The topological polar surface area (TPSA) is 65.4 Å². The minimum absolute atomic E-state index is 0.108. The molecule has 0 aliphatic carbocycles. The van der Waals surface area contributed by atoms with Crippen LogP contribution in [0.1, 0.15) is 30.9 Å². The van der Waals surface area contributed by atoms with Gasteiger partial charge in [-0.1, -0.05) is 54.1 Å². The normalized spacial score (nSPS) is 15.3. The molecule has 1 aromatic heterocycles. The Morgan fingerprint density at radius 2 is 1.81 bits per heavy atom. The molecule has 0 radical (unpaired) electrons. The second-order valence-corrected chi connectivity index (χ2v) is 10.2. The molecule has 1 saturated heterocycles. The Bertz CT molecular complexity index is 1190. The molecule has 0 amide bonds. The van der Waals surface area contributed by atoms with Crippen molar-refractivity contribution in [2.24, 2.45) is 0 Å². The van der Waals surface area contributed by atoms with Crippen LogP contribution in [0.5, 0.6) is 0 Å². The molecule has 0 atom stereocenters. The SMILES string of the molecule is CC(=Cc1ccccc1)CN1CCC(Nc2nccn(-c3ccc(CNCCN(C)C)cc3)c2=O)CC1. The number of rotatable bonds is 11. The minimum Gasteiger partial charge on any atom is -0.363 e. The van der Waals surface area contributed by atoms with Gasteiger partial charge in [-0.2, -0.15) is 0 Å². The second-order valence-electron chi connectivity index (χ2n) is 10.2. The Balaban J connectivity index is 1.30. The smallest absolute Gasteiger partial charge is 0.297 e. The van der Waals surface area contributed by atoms with Gasteiger partial charge < -0.3 is 15.5 Å². The number of likely N-dealkylation sites (tertiary alicyclic amines) is 1. The van der Waals surface area contributed by atoms with Crippen LogP contribution in [-0.2, 0) is 6.54 Å². The highest BCUT2D eigenvalue weighted by Gasteiger charge is 2.20. The van der Waals surface area contributed by atoms with Crippen LogP contribution in [0.4, 0.5) is 5.82 Å². The lowest BCUT2D eigenvalue weighted by molar-refractivity contribution is 0.236. The van der Waals surface area contributed by atoms with Crippen LogP contribution in [-0.4, -0.2) is 72.2 Å². The predicted octanol–water partition coefficient (Wildman–Crippen LogP) is 3.86. The van der Waals surface area contributed by atoms with Crippen molar-refractivity contribution in [3.05, 3.63) is 94.0 Å². The number of nitrogens with zero attached hydrogens (tertiary/aromatic N) is 4. The van der Waals surface area contributed by atoms with Crippen molar-refractivity contribution in [2.45, 2.75) is 32.4 Å². The van der Waals surface area contributed by atoms with Gasteiger partial charge >= 0.3 is 0 Å². The molecule has 0 unspecified atom stereocenters. The van der Waals surface area contributed by atoms with Crippen LogP contribution in [0.3, 0.4) is 0 Å². The van der Waals surface area contributed by atoms with E-state index in [4.69, 9.17) is 0 Å². The first-order valence-corrected chi connectivity index (χ1v) is 13.2. The molecule has 7 heteroatoms. The summed E-state index contributed by atoms with van der Waals surface area (Å²) >= 11 is 0. The lowest BCUT2D eigenvalue weighted by Gasteiger charge is -2.32. The van der Waals surface area contributed by atoms with Gasteiger partial charge in [-0.25, -0.2) is 4.98 Å². The third kappa shape index (κ3) is 8.12. The number of anilines is 1. The fourth-order valence-corrected chi connectivity index (χ4v) is 4.68. The summed E-state index contributed by atoms with van der Waals surface area (Å²) in [5.41, 5.74) is 4.55.